The van der Waals surface area contributed by atoms with Crippen LogP contribution < -0.4 is 15.4 Å². The van der Waals surface area contributed by atoms with Crippen molar-refractivity contribution >= 4 is 35.6 Å². The Hall–Kier alpha value is -3.94. The fraction of sp³-hybridized carbons (Fsp3) is 0.467. The van der Waals surface area contributed by atoms with E-state index in [1.165, 1.54) is 16.7 Å². The number of halogens is 3. The van der Waals surface area contributed by atoms with Gasteiger partial charge in [-0.3, -0.25) is 9.59 Å². The van der Waals surface area contributed by atoms with Crippen molar-refractivity contribution in [2.45, 2.75) is 64.1 Å². The molecule has 1 aliphatic rings. The maximum atomic E-state index is 14.4. The van der Waals surface area contributed by atoms with Crippen LogP contribution in [0.5, 0.6) is 5.75 Å². The van der Waals surface area contributed by atoms with E-state index in [0.29, 0.717) is 23.6 Å². The van der Waals surface area contributed by atoms with E-state index in [-0.39, 0.29) is 44.7 Å². The average Bonchev–Trinajstić information content (AvgIpc) is 3.44. The van der Waals surface area contributed by atoms with Gasteiger partial charge >= 0.3 is 12.1 Å². The topological polar surface area (TPSA) is 123 Å². The minimum Gasteiger partial charge on any atom is -0.482 e. The number of alkyl carbamates (subject to hydrolysis) is 1. The minimum absolute atomic E-state index is 0.161. The Labute approximate surface area is 258 Å². The lowest BCUT2D eigenvalue weighted by Crippen LogP contribution is -2.48. The first-order chi connectivity index (χ1) is 20.8. The lowest BCUT2D eigenvalue weighted by atomic mass is 10.0. The molecule has 0 radical (unpaired) electrons. The lowest BCUT2D eigenvalue weighted by molar-refractivity contribution is -0.145. The number of nitrogens with one attached hydrogen (secondary N) is 2. The highest BCUT2D eigenvalue weighted by Gasteiger charge is 2.36. The first-order valence-electron chi connectivity index (χ1n) is 13.9. The summed E-state index contributed by atoms with van der Waals surface area (Å²) in [6.07, 6.45) is -1.55. The number of hydrogen-bond donors (Lipinski definition) is 2. The van der Waals surface area contributed by atoms with Crippen LogP contribution in [0, 0.1) is 17.5 Å². The Morgan fingerprint density at radius 1 is 1.05 bits per heavy atom. The van der Waals surface area contributed by atoms with Crippen LogP contribution in [-0.4, -0.2) is 71.3 Å². The molecule has 0 spiro atoms. The molecule has 0 saturated carbocycles. The molecule has 3 rings (SSSR count). The molecule has 44 heavy (non-hydrogen) atoms. The third kappa shape index (κ3) is 10.6. The number of hydrogen-bond acceptors (Lipinski definition) is 8. The molecule has 1 aliphatic heterocycles. The number of thioether (sulfide) groups is 1. The van der Waals surface area contributed by atoms with E-state index in [4.69, 9.17) is 14.2 Å². The van der Waals surface area contributed by atoms with Crippen molar-refractivity contribution in [3.8, 4) is 5.75 Å². The van der Waals surface area contributed by atoms with E-state index in [1.807, 2.05) is 0 Å². The quantitative estimate of drug-likeness (QED) is 0.263. The van der Waals surface area contributed by atoms with E-state index < -0.39 is 58.3 Å². The fourth-order valence-corrected chi connectivity index (χ4v) is 5.39. The van der Waals surface area contributed by atoms with Crippen molar-refractivity contribution in [2.24, 2.45) is 0 Å². The Bertz CT molecular complexity index is 1340. The number of benzene rings is 2. The molecule has 1 saturated heterocycles. The Morgan fingerprint density at radius 3 is 2.39 bits per heavy atom. The molecular formula is C30H36F3N3O7S. The van der Waals surface area contributed by atoms with Gasteiger partial charge in [0.05, 0.1) is 6.61 Å². The smallest absolute Gasteiger partial charge is 0.407 e. The molecule has 2 N–H and O–H groups in total. The summed E-state index contributed by atoms with van der Waals surface area (Å²) in [7, 11) is 0. The molecule has 0 aromatic heterocycles. The molecule has 3 amide bonds. The molecule has 1 heterocycles. The van der Waals surface area contributed by atoms with Crippen molar-refractivity contribution < 1.29 is 46.6 Å². The van der Waals surface area contributed by atoms with Crippen LogP contribution in [-0.2, 0) is 36.8 Å². The monoisotopic (exact) mass is 639 g/mol. The summed E-state index contributed by atoms with van der Waals surface area (Å²) in [6, 6.07) is 6.77. The summed E-state index contributed by atoms with van der Waals surface area (Å²) in [6.45, 7) is 7.06. The average molecular weight is 640 g/mol. The summed E-state index contributed by atoms with van der Waals surface area (Å²) < 4.78 is 57.2. The highest BCUT2D eigenvalue weighted by Crippen LogP contribution is 2.26. The second-order valence-corrected chi connectivity index (χ2v) is 12.1. The summed E-state index contributed by atoms with van der Waals surface area (Å²) >= 11 is 1.26. The SMILES string of the molecule is CCOC(=O)COc1ccc(CNC(=O)C2SCCN2C(=O)CC(Cc2cc(F)c(F)cc2F)NC(=O)OC(C)(C)C)cc1. The third-order valence-corrected chi connectivity index (χ3v) is 7.39. The van der Waals surface area contributed by atoms with E-state index in [9.17, 15) is 32.3 Å². The molecule has 1 fully saturated rings. The zero-order chi connectivity index (χ0) is 32.4. The summed E-state index contributed by atoms with van der Waals surface area (Å²) in [5.74, 6) is -4.11. The maximum absolute atomic E-state index is 14.4. The highest BCUT2D eigenvalue weighted by atomic mass is 32.2. The number of amides is 3. The van der Waals surface area contributed by atoms with Gasteiger partial charge < -0.3 is 29.7 Å². The van der Waals surface area contributed by atoms with Gasteiger partial charge in [-0.25, -0.2) is 22.8 Å². The maximum Gasteiger partial charge on any atom is 0.407 e. The Kier molecular flexibility index (Phi) is 12.3. The number of nitrogens with zero attached hydrogens (tertiary/aromatic N) is 1. The van der Waals surface area contributed by atoms with Crippen LogP contribution in [0.25, 0.3) is 0 Å². The standard InChI is InChI=1S/C30H36F3N3O7S/c1-5-41-26(38)17-42-21-8-6-18(7-9-21)16-34-27(39)28-36(10-11-44-28)25(37)14-20(35-29(40)43-30(2,3)4)12-19-13-23(32)24(33)15-22(19)31/h6-9,13,15,20,28H,5,10-12,14,16-17H2,1-4H3,(H,34,39)(H,35,40). The molecule has 0 aliphatic carbocycles. The molecule has 2 unspecified atom stereocenters. The van der Waals surface area contributed by atoms with E-state index in [0.717, 1.165) is 5.56 Å². The van der Waals surface area contributed by atoms with Gasteiger partial charge in [0, 0.05) is 37.4 Å². The Balaban J connectivity index is 1.63. The van der Waals surface area contributed by atoms with Gasteiger partial charge in [-0.1, -0.05) is 12.1 Å². The first-order valence-corrected chi connectivity index (χ1v) is 15.0. The second kappa shape index (κ2) is 15.7. The predicted octanol–water partition coefficient (Wildman–Crippen LogP) is 4.09. The van der Waals surface area contributed by atoms with Crippen LogP contribution in [0.2, 0.25) is 0 Å². The first kappa shape index (κ1) is 34.5. The van der Waals surface area contributed by atoms with Crippen LogP contribution in [0.1, 0.15) is 45.2 Å². The predicted molar refractivity (Wildman–Crippen MR) is 156 cm³/mol. The molecule has 14 heteroatoms. The van der Waals surface area contributed by atoms with Crippen LogP contribution >= 0.6 is 11.8 Å². The van der Waals surface area contributed by atoms with Crippen LogP contribution in [0.3, 0.4) is 0 Å². The molecule has 10 nitrogen and oxygen atoms in total. The van der Waals surface area contributed by atoms with Crippen molar-refractivity contribution in [2.75, 3.05) is 25.5 Å². The van der Waals surface area contributed by atoms with Crippen LogP contribution in [0.4, 0.5) is 18.0 Å². The van der Waals surface area contributed by atoms with E-state index >= 15 is 0 Å². The van der Waals surface area contributed by atoms with Gasteiger partial charge in [0.1, 0.15) is 17.2 Å². The van der Waals surface area contributed by atoms with Crippen molar-refractivity contribution in [1.29, 1.82) is 0 Å². The zero-order valence-electron chi connectivity index (χ0n) is 24.9. The number of rotatable bonds is 12. The third-order valence-electron chi connectivity index (χ3n) is 6.19. The van der Waals surface area contributed by atoms with Crippen molar-refractivity contribution in [3.63, 3.8) is 0 Å². The molecule has 2 aromatic carbocycles. The van der Waals surface area contributed by atoms with Crippen molar-refractivity contribution in [1.82, 2.24) is 15.5 Å². The van der Waals surface area contributed by atoms with Gasteiger partial charge in [0.2, 0.25) is 5.91 Å². The zero-order valence-corrected chi connectivity index (χ0v) is 25.7. The number of carbonyl (C=O) groups is 4. The Morgan fingerprint density at radius 2 is 1.73 bits per heavy atom. The summed E-state index contributed by atoms with van der Waals surface area (Å²) in [5, 5.41) is 4.47. The molecule has 0 bridgehead atoms. The van der Waals surface area contributed by atoms with E-state index in [2.05, 4.69) is 10.6 Å². The second-order valence-electron chi connectivity index (χ2n) is 10.9. The van der Waals surface area contributed by atoms with Gasteiger partial charge in [0.15, 0.2) is 23.6 Å². The normalized spacial score (nSPS) is 15.3. The van der Waals surface area contributed by atoms with Gasteiger partial charge in [0.25, 0.3) is 5.91 Å². The molecular weight excluding hydrogens is 603 g/mol. The number of esters is 1. The number of carbonyl (C=O) groups excluding carboxylic acids is 4. The van der Waals surface area contributed by atoms with Gasteiger partial charge in [-0.05, 0) is 63.4 Å². The van der Waals surface area contributed by atoms with Gasteiger partial charge in [-0.2, -0.15) is 0 Å². The van der Waals surface area contributed by atoms with Gasteiger partial charge in [-0.15, -0.1) is 11.8 Å². The summed E-state index contributed by atoms with van der Waals surface area (Å²) in [5.41, 5.74) is -0.352. The number of ether oxygens (including phenoxy) is 3. The largest absolute Gasteiger partial charge is 0.482 e. The molecule has 240 valence electrons. The molecule has 2 aromatic rings. The molecule has 2 atom stereocenters. The van der Waals surface area contributed by atoms with Crippen molar-refractivity contribution in [3.05, 3.63) is 65.0 Å². The lowest BCUT2D eigenvalue weighted by Gasteiger charge is -2.27. The van der Waals surface area contributed by atoms with E-state index in [1.54, 1.807) is 52.0 Å². The highest BCUT2D eigenvalue weighted by molar-refractivity contribution is 8.00. The fourth-order valence-electron chi connectivity index (χ4n) is 4.23. The summed E-state index contributed by atoms with van der Waals surface area (Å²) in [4.78, 5) is 51.7. The van der Waals surface area contributed by atoms with Crippen LogP contribution in [0.15, 0.2) is 36.4 Å². The minimum atomic E-state index is -1.36.